The Morgan fingerprint density at radius 1 is 1.14 bits per heavy atom. The zero-order valence-corrected chi connectivity index (χ0v) is 11.9. The molecule has 0 N–H and O–H groups in total. The van der Waals surface area contributed by atoms with Gasteiger partial charge >= 0.3 is 0 Å². The molecule has 3 rings (SSSR count). The Labute approximate surface area is 125 Å². The summed E-state index contributed by atoms with van der Waals surface area (Å²) in [5.74, 6) is 0.386. The summed E-state index contributed by atoms with van der Waals surface area (Å²) in [7, 11) is 0. The largest absolute Gasteiger partial charge is 0.423 e. The van der Waals surface area contributed by atoms with E-state index in [0.717, 1.165) is 0 Å². The Hall–Kier alpha value is -2.83. The molecule has 0 amide bonds. The lowest BCUT2D eigenvalue weighted by Crippen LogP contribution is -2.23. The van der Waals surface area contributed by atoms with E-state index in [4.69, 9.17) is 4.42 Å². The molecule has 0 saturated carbocycles. The summed E-state index contributed by atoms with van der Waals surface area (Å²) < 4.78 is 20.4. The average molecular weight is 300 g/mol. The van der Waals surface area contributed by atoms with Crippen molar-refractivity contribution >= 4 is 0 Å². The van der Waals surface area contributed by atoms with Gasteiger partial charge in [0.2, 0.25) is 11.8 Å². The van der Waals surface area contributed by atoms with Gasteiger partial charge in [-0.3, -0.25) is 4.79 Å². The van der Waals surface area contributed by atoms with Crippen molar-refractivity contribution in [2.75, 3.05) is 0 Å². The molecule has 2 heterocycles. The van der Waals surface area contributed by atoms with Crippen LogP contribution in [0.3, 0.4) is 0 Å². The van der Waals surface area contributed by atoms with E-state index in [0.29, 0.717) is 23.6 Å². The minimum Gasteiger partial charge on any atom is -0.423 e. The van der Waals surface area contributed by atoms with Crippen molar-refractivity contribution in [1.82, 2.24) is 20.0 Å². The smallest absolute Gasteiger partial charge is 0.267 e. The molecule has 0 unspecified atom stereocenters. The lowest BCUT2D eigenvalue weighted by molar-refractivity contribution is 0.428. The maximum atomic E-state index is 13.8. The van der Waals surface area contributed by atoms with Crippen molar-refractivity contribution in [3.8, 4) is 11.3 Å². The molecule has 0 fully saturated rings. The lowest BCUT2D eigenvalue weighted by atomic mass is 10.1. The standard InChI is InChI=1S/C15H13FN4O2/c1-2-13-17-18-14(22-13)9-20-15(21)8-7-12(19-20)10-5-3-4-6-11(10)16/h3-8H,2,9H2,1H3. The zero-order chi connectivity index (χ0) is 15.5. The molecule has 0 bridgehead atoms. The van der Waals surface area contributed by atoms with Crippen LogP contribution in [0.15, 0.2) is 45.6 Å². The SMILES string of the molecule is CCc1nnc(Cn2nc(-c3ccccc3F)ccc2=O)o1. The normalized spacial score (nSPS) is 10.8. The second kappa shape index (κ2) is 5.88. The number of hydrogen-bond acceptors (Lipinski definition) is 5. The van der Waals surface area contributed by atoms with Crippen LogP contribution in [0, 0.1) is 5.82 Å². The third kappa shape index (κ3) is 2.78. The number of rotatable bonds is 4. The molecule has 2 aromatic heterocycles. The number of nitrogens with zero attached hydrogens (tertiary/aromatic N) is 4. The fourth-order valence-corrected chi connectivity index (χ4v) is 2.00. The van der Waals surface area contributed by atoms with E-state index in [9.17, 15) is 9.18 Å². The molecule has 1 aromatic carbocycles. The molecule has 0 atom stereocenters. The fourth-order valence-electron chi connectivity index (χ4n) is 2.00. The minimum absolute atomic E-state index is 0.0497. The van der Waals surface area contributed by atoms with E-state index >= 15 is 0 Å². The van der Waals surface area contributed by atoms with Crippen LogP contribution in [-0.2, 0) is 13.0 Å². The highest BCUT2D eigenvalue weighted by molar-refractivity contribution is 5.58. The third-order valence-corrected chi connectivity index (χ3v) is 3.11. The van der Waals surface area contributed by atoms with Gasteiger partial charge in [-0.15, -0.1) is 10.2 Å². The van der Waals surface area contributed by atoms with Crippen LogP contribution in [-0.4, -0.2) is 20.0 Å². The second-order valence-electron chi connectivity index (χ2n) is 4.64. The molecule has 0 aliphatic heterocycles. The highest BCUT2D eigenvalue weighted by atomic mass is 19.1. The molecule has 112 valence electrons. The van der Waals surface area contributed by atoms with Gasteiger partial charge in [0, 0.05) is 18.1 Å². The monoisotopic (exact) mass is 300 g/mol. The van der Waals surface area contributed by atoms with Gasteiger partial charge in [0.1, 0.15) is 12.4 Å². The van der Waals surface area contributed by atoms with Crippen molar-refractivity contribution < 1.29 is 8.81 Å². The molecule has 0 aliphatic carbocycles. The lowest BCUT2D eigenvalue weighted by Gasteiger charge is -2.05. The topological polar surface area (TPSA) is 73.8 Å². The van der Waals surface area contributed by atoms with Crippen molar-refractivity contribution in [3.05, 3.63) is 64.4 Å². The van der Waals surface area contributed by atoms with E-state index < -0.39 is 5.82 Å². The van der Waals surface area contributed by atoms with Crippen molar-refractivity contribution in [2.45, 2.75) is 19.9 Å². The van der Waals surface area contributed by atoms with Crippen LogP contribution >= 0.6 is 0 Å². The van der Waals surface area contributed by atoms with E-state index in [2.05, 4.69) is 15.3 Å². The number of halogens is 1. The summed E-state index contributed by atoms with van der Waals surface area (Å²) in [5.41, 5.74) is 0.375. The van der Waals surface area contributed by atoms with Crippen LogP contribution in [0.1, 0.15) is 18.7 Å². The highest BCUT2D eigenvalue weighted by Gasteiger charge is 2.10. The van der Waals surface area contributed by atoms with E-state index in [1.807, 2.05) is 6.92 Å². The Kier molecular flexibility index (Phi) is 3.78. The van der Waals surface area contributed by atoms with Crippen molar-refractivity contribution in [3.63, 3.8) is 0 Å². The number of benzene rings is 1. The molecular weight excluding hydrogens is 287 g/mol. The maximum Gasteiger partial charge on any atom is 0.267 e. The van der Waals surface area contributed by atoms with Gasteiger partial charge in [-0.25, -0.2) is 9.07 Å². The molecular formula is C15H13FN4O2. The molecule has 22 heavy (non-hydrogen) atoms. The Balaban J connectivity index is 1.97. The number of aromatic nitrogens is 4. The Morgan fingerprint density at radius 3 is 2.64 bits per heavy atom. The zero-order valence-electron chi connectivity index (χ0n) is 11.9. The predicted octanol–water partition coefficient (Wildman–Crippen LogP) is 2.04. The number of aryl methyl sites for hydroxylation is 1. The molecule has 0 spiro atoms. The first kappa shape index (κ1) is 14.1. The van der Waals surface area contributed by atoms with Gasteiger partial charge < -0.3 is 4.42 Å². The first-order valence-electron chi connectivity index (χ1n) is 6.81. The first-order chi connectivity index (χ1) is 10.7. The van der Waals surface area contributed by atoms with Crippen LogP contribution < -0.4 is 5.56 Å². The van der Waals surface area contributed by atoms with Crippen LogP contribution in [0.25, 0.3) is 11.3 Å². The summed E-state index contributed by atoms with van der Waals surface area (Å²) in [6.45, 7) is 1.94. The molecule has 3 aromatic rings. The maximum absolute atomic E-state index is 13.8. The van der Waals surface area contributed by atoms with Crippen LogP contribution in [0.5, 0.6) is 0 Å². The molecule has 0 aliphatic rings. The molecule has 6 nitrogen and oxygen atoms in total. The number of hydrogen-bond donors (Lipinski definition) is 0. The van der Waals surface area contributed by atoms with E-state index in [-0.39, 0.29) is 18.0 Å². The third-order valence-electron chi connectivity index (χ3n) is 3.11. The average Bonchev–Trinajstić information content (AvgIpc) is 2.98. The van der Waals surface area contributed by atoms with Crippen LogP contribution in [0.2, 0.25) is 0 Å². The summed E-state index contributed by atoms with van der Waals surface area (Å²) in [6.07, 6.45) is 0.616. The van der Waals surface area contributed by atoms with Gasteiger partial charge in [0.25, 0.3) is 5.56 Å². The summed E-state index contributed by atoms with van der Waals surface area (Å²) in [6, 6.07) is 9.08. The van der Waals surface area contributed by atoms with Gasteiger partial charge in [-0.05, 0) is 18.2 Å². The second-order valence-corrected chi connectivity index (χ2v) is 4.64. The van der Waals surface area contributed by atoms with Crippen LogP contribution in [0.4, 0.5) is 4.39 Å². The fraction of sp³-hybridized carbons (Fsp3) is 0.200. The molecule has 0 radical (unpaired) electrons. The summed E-state index contributed by atoms with van der Waals surface area (Å²) in [4.78, 5) is 11.9. The molecule has 0 saturated heterocycles. The van der Waals surface area contributed by atoms with E-state index in [1.54, 1.807) is 18.2 Å². The summed E-state index contributed by atoms with van der Waals surface area (Å²) in [5, 5.41) is 11.9. The van der Waals surface area contributed by atoms with Gasteiger partial charge in [0.15, 0.2) is 0 Å². The van der Waals surface area contributed by atoms with Gasteiger partial charge in [-0.1, -0.05) is 19.1 Å². The van der Waals surface area contributed by atoms with Gasteiger partial charge in [-0.2, -0.15) is 5.10 Å². The first-order valence-corrected chi connectivity index (χ1v) is 6.81. The Morgan fingerprint density at radius 2 is 1.91 bits per heavy atom. The summed E-state index contributed by atoms with van der Waals surface area (Å²) >= 11 is 0. The predicted molar refractivity (Wildman–Crippen MR) is 76.7 cm³/mol. The minimum atomic E-state index is -0.397. The molecule has 7 heteroatoms. The highest BCUT2D eigenvalue weighted by Crippen LogP contribution is 2.18. The van der Waals surface area contributed by atoms with E-state index in [1.165, 1.54) is 22.9 Å². The quantitative estimate of drug-likeness (QED) is 0.737. The van der Waals surface area contributed by atoms with Gasteiger partial charge in [0.05, 0.1) is 5.69 Å². The Bertz CT molecular complexity index is 856. The van der Waals surface area contributed by atoms with Crippen molar-refractivity contribution in [2.24, 2.45) is 0 Å². The van der Waals surface area contributed by atoms with Crippen molar-refractivity contribution in [1.29, 1.82) is 0 Å².